The first-order valence-electron chi connectivity index (χ1n) is 12.2. The second-order valence-corrected chi connectivity index (χ2v) is 10.3. The lowest BCUT2D eigenvalue weighted by Gasteiger charge is -2.18. The first-order valence-corrected chi connectivity index (χ1v) is 13.0. The fourth-order valence-corrected chi connectivity index (χ4v) is 5.53. The van der Waals surface area contributed by atoms with Gasteiger partial charge >= 0.3 is 0 Å². The Morgan fingerprint density at radius 3 is 2.72 bits per heavy atom. The minimum atomic E-state index is -0.544. The van der Waals surface area contributed by atoms with E-state index in [9.17, 15) is 18.8 Å². The first kappa shape index (κ1) is 24.6. The molecule has 1 aliphatic rings. The summed E-state index contributed by atoms with van der Waals surface area (Å²) in [5, 5.41) is 11.4. The third-order valence-corrected chi connectivity index (χ3v) is 7.45. The molecule has 0 unspecified atom stereocenters. The fraction of sp³-hybridized carbons (Fsp3) is 0.143. The lowest BCUT2D eigenvalue weighted by atomic mass is 10.1. The molecule has 0 radical (unpaired) electrons. The molecule has 11 heteroatoms. The van der Waals surface area contributed by atoms with Crippen LogP contribution in [-0.4, -0.2) is 38.3 Å². The van der Waals surface area contributed by atoms with Crippen molar-refractivity contribution >= 4 is 44.9 Å². The highest BCUT2D eigenvalue weighted by atomic mass is 32.1. The van der Waals surface area contributed by atoms with Crippen molar-refractivity contribution in [2.24, 2.45) is 0 Å². The SMILES string of the molecule is Cc1sc(NC(=O)Cn2nnc3ccccc3c2=O)nc1-c1ccc2c(c1)CCN2C(=O)c1ccccc1F. The molecule has 9 nitrogen and oxygen atoms in total. The van der Waals surface area contributed by atoms with Gasteiger partial charge in [-0.2, -0.15) is 0 Å². The van der Waals surface area contributed by atoms with Gasteiger partial charge in [-0.3, -0.25) is 14.4 Å². The zero-order valence-corrected chi connectivity index (χ0v) is 21.5. The maximum atomic E-state index is 14.2. The van der Waals surface area contributed by atoms with Crippen molar-refractivity contribution in [2.75, 3.05) is 16.8 Å². The largest absolute Gasteiger partial charge is 0.308 e. The Bertz CT molecular complexity index is 1830. The number of benzene rings is 3. The molecular formula is C28H21FN6O3S. The second kappa shape index (κ2) is 9.84. The number of anilines is 2. The average Bonchev–Trinajstić information content (AvgIpc) is 3.52. The van der Waals surface area contributed by atoms with E-state index in [1.165, 1.54) is 23.5 Å². The minimum absolute atomic E-state index is 0.0436. The molecule has 0 spiro atoms. The zero-order valence-electron chi connectivity index (χ0n) is 20.7. The number of amides is 2. The number of fused-ring (bicyclic) bond motifs is 2. The van der Waals surface area contributed by atoms with Crippen LogP contribution in [0.25, 0.3) is 22.2 Å². The number of hydrogen-bond acceptors (Lipinski definition) is 7. The number of aromatic nitrogens is 4. The third-order valence-electron chi connectivity index (χ3n) is 6.56. The van der Waals surface area contributed by atoms with E-state index in [4.69, 9.17) is 0 Å². The van der Waals surface area contributed by atoms with Crippen molar-refractivity contribution in [3.63, 3.8) is 0 Å². The molecule has 39 heavy (non-hydrogen) atoms. The van der Waals surface area contributed by atoms with Crippen molar-refractivity contribution in [3.05, 3.63) is 98.9 Å². The molecule has 1 N–H and O–H groups in total. The fourth-order valence-electron chi connectivity index (χ4n) is 4.68. The normalized spacial score (nSPS) is 12.5. The van der Waals surface area contributed by atoms with Crippen LogP contribution < -0.4 is 15.8 Å². The average molecular weight is 541 g/mol. The molecule has 0 aliphatic carbocycles. The van der Waals surface area contributed by atoms with Gasteiger partial charge < -0.3 is 10.2 Å². The number of nitrogens with zero attached hydrogens (tertiary/aromatic N) is 5. The molecule has 3 aromatic carbocycles. The zero-order chi connectivity index (χ0) is 27.1. The Balaban J connectivity index is 1.19. The molecule has 194 valence electrons. The molecule has 0 saturated carbocycles. The van der Waals surface area contributed by atoms with Gasteiger partial charge in [0.1, 0.15) is 17.9 Å². The number of carbonyl (C=O) groups is 2. The quantitative estimate of drug-likeness (QED) is 0.358. The Labute approximate surface area is 225 Å². The monoisotopic (exact) mass is 540 g/mol. The van der Waals surface area contributed by atoms with Gasteiger partial charge in [0.2, 0.25) is 5.91 Å². The van der Waals surface area contributed by atoms with Gasteiger partial charge in [0.15, 0.2) is 5.13 Å². The number of thiazole rings is 1. The van der Waals surface area contributed by atoms with E-state index in [-0.39, 0.29) is 18.0 Å². The summed E-state index contributed by atoms with van der Waals surface area (Å²) in [5.74, 6) is -1.36. The van der Waals surface area contributed by atoms with Gasteiger partial charge in [0.25, 0.3) is 11.5 Å². The first-order chi connectivity index (χ1) is 18.9. The van der Waals surface area contributed by atoms with E-state index < -0.39 is 17.3 Å². The maximum Gasteiger partial charge on any atom is 0.278 e. The number of rotatable bonds is 5. The van der Waals surface area contributed by atoms with E-state index in [1.54, 1.807) is 41.3 Å². The summed E-state index contributed by atoms with van der Waals surface area (Å²) >= 11 is 1.32. The predicted molar refractivity (Wildman–Crippen MR) is 146 cm³/mol. The van der Waals surface area contributed by atoms with Gasteiger partial charge in [0, 0.05) is 22.7 Å². The van der Waals surface area contributed by atoms with Crippen molar-refractivity contribution in [1.82, 2.24) is 20.0 Å². The molecule has 1 aliphatic heterocycles. The molecule has 0 bridgehead atoms. The van der Waals surface area contributed by atoms with Crippen LogP contribution in [-0.2, 0) is 17.8 Å². The highest BCUT2D eigenvalue weighted by Gasteiger charge is 2.28. The van der Waals surface area contributed by atoms with Crippen LogP contribution in [0.3, 0.4) is 0 Å². The predicted octanol–water partition coefficient (Wildman–Crippen LogP) is 4.20. The van der Waals surface area contributed by atoms with E-state index in [1.807, 2.05) is 25.1 Å². The van der Waals surface area contributed by atoms with Crippen LogP contribution in [0, 0.1) is 12.7 Å². The van der Waals surface area contributed by atoms with Crippen LogP contribution in [0.1, 0.15) is 20.8 Å². The van der Waals surface area contributed by atoms with Gasteiger partial charge in [0.05, 0.1) is 16.6 Å². The maximum absolute atomic E-state index is 14.2. The van der Waals surface area contributed by atoms with Gasteiger partial charge in [-0.05, 0) is 55.3 Å². The summed E-state index contributed by atoms with van der Waals surface area (Å²) in [6, 6.07) is 18.5. The van der Waals surface area contributed by atoms with Crippen LogP contribution in [0.2, 0.25) is 0 Å². The summed E-state index contributed by atoms with van der Waals surface area (Å²) < 4.78 is 15.2. The highest BCUT2D eigenvalue weighted by molar-refractivity contribution is 7.16. The van der Waals surface area contributed by atoms with E-state index in [0.717, 1.165) is 26.4 Å². The lowest BCUT2D eigenvalue weighted by molar-refractivity contribution is -0.117. The molecular weight excluding hydrogens is 519 g/mol. The van der Waals surface area contributed by atoms with Gasteiger partial charge in [-0.25, -0.2) is 14.1 Å². The van der Waals surface area contributed by atoms with Gasteiger partial charge in [-0.1, -0.05) is 35.5 Å². The van der Waals surface area contributed by atoms with E-state index in [0.29, 0.717) is 34.7 Å². The van der Waals surface area contributed by atoms with Crippen LogP contribution >= 0.6 is 11.3 Å². The smallest absolute Gasteiger partial charge is 0.278 e. The summed E-state index contributed by atoms with van der Waals surface area (Å²) in [6.07, 6.45) is 0.637. The Hall–Kier alpha value is -4.77. The third kappa shape index (κ3) is 4.57. The van der Waals surface area contributed by atoms with Crippen molar-refractivity contribution in [2.45, 2.75) is 19.9 Å². The molecule has 3 heterocycles. The van der Waals surface area contributed by atoms with Gasteiger partial charge in [-0.15, -0.1) is 16.4 Å². The topological polar surface area (TPSA) is 110 Å². The summed E-state index contributed by atoms with van der Waals surface area (Å²) in [4.78, 5) is 45.4. The van der Waals surface area contributed by atoms with E-state index in [2.05, 4.69) is 20.6 Å². The van der Waals surface area contributed by atoms with Crippen LogP contribution in [0.15, 0.2) is 71.5 Å². The summed E-state index contributed by atoms with van der Waals surface area (Å²) in [7, 11) is 0. The molecule has 2 aromatic heterocycles. The van der Waals surface area contributed by atoms with Crippen LogP contribution in [0.4, 0.5) is 15.2 Å². The number of nitrogens with one attached hydrogen (secondary N) is 1. The van der Waals surface area contributed by atoms with Crippen molar-refractivity contribution < 1.29 is 14.0 Å². The van der Waals surface area contributed by atoms with E-state index >= 15 is 0 Å². The van der Waals surface area contributed by atoms with Crippen molar-refractivity contribution in [1.29, 1.82) is 0 Å². The Morgan fingerprint density at radius 1 is 1.08 bits per heavy atom. The lowest BCUT2D eigenvalue weighted by Crippen LogP contribution is -2.30. The molecule has 5 aromatic rings. The minimum Gasteiger partial charge on any atom is -0.308 e. The molecule has 0 fully saturated rings. The standard InChI is InChI=1S/C28H21FN6O3S/c1-16-25(18-10-11-23-17(14-18)12-13-34(23)26(37)19-6-2-4-8-21(19)29)31-28(39-16)30-24(36)15-35-27(38)20-7-3-5-9-22(20)32-33-35/h2-11,14H,12-13,15H2,1H3,(H,30,31,36). The molecule has 2 amide bonds. The molecule has 0 atom stereocenters. The number of halogens is 1. The Kier molecular flexibility index (Phi) is 6.20. The number of aryl methyl sites for hydroxylation is 1. The van der Waals surface area contributed by atoms with Crippen LogP contribution in [0.5, 0.6) is 0 Å². The summed E-state index contributed by atoms with van der Waals surface area (Å²) in [5.41, 5.74) is 3.38. The number of hydrogen-bond donors (Lipinski definition) is 1. The second-order valence-electron chi connectivity index (χ2n) is 9.07. The number of carbonyl (C=O) groups excluding carboxylic acids is 2. The highest BCUT2D eigenvalue weighted by Crippen LogP contribution is 2.36. The van der Waals surface area contributed by atoms with Crippen molar-refractivity contribution in [3.8, 4) is 11.3 Å². The summed E-state index contributed by atoms with van der Waals surface area (Å²) in [6.45, 7) is 2.07. The molecule has 0 saturated heterocycles. The molecule has 6 rings (SSSR count). The Morgan fingerprint density at radius 2 is 1.87 bits per heavy atom.